The van der Waals surface area contributed by atoms with Crippen LogP contribution in [0.5, 0.6) is 5.75 Å². The van der Waals surface area contributed by atoms with Crippen molar-refractivity contribution in [3.05, 3.63) is 60.2 Å². The minimum atomic E-state index is 0.0197. The van der Waals surface area contributed by atoms with Gasteiger partial charge in [0.15, 0.2) is 0 Å². The predicted octanol–water partition coefficient (Wildman–Crippen LogP) is 3.90. The highest BCUT2D eigenvalue weighted by Gasteiger charge is 2.25. The minimum absolute atomic E-state index is 0.0197. The number of nitriles is 1. The zero-order valence-electron chi connectivity index (χ0n) is 17.1. The fraction of sp³-hybridized carbons (Fsp3) is 0.417. The molecule has 1 heterocycles. The Kier molecular flexibility index (Phi) is 7.66. The van der Waals surface area contributed by atoms with Crippen LogP contribution in [-0.2, 0) is 11.2 Å². The number of methoxy groups -OCH3 is 1. The van der Waals surface area contributed by atoms with Crippen molar-refractivity contribution in [2.45, 2.75) is 25.7 Å². The number of ether oxygens (including phenoxy) is 1. The fourth-order valence-corrected chi connectivity index (χ4v) is 3.97. The first-order chi connectivity index (χ1) is 14.2. The molecule has 0 bridgehead atoms. The number of hydrogen-bond acceptors (Lipinski definition) is 4. The van der Waals surface area contributed by atoms with E-state index in [1.165, 1.54) is 5.56 Å². The van der Waals surface area contributed by atoms with Crippen molar-refractivity contribution in [2.75, 3.05) is 38.2 Å². The maximum atomic E-state index is 13.1. The molecule has 0 aliphatic carbocycles. The zero-order chi connectivity index (χ0) is 20.5. The molecule has 0 unspecified atom stereocenters. The summed E-state index contributed by atoms with van der Waals surface area (Å²) >= 11 is 0. The molecule has 1 saturated heterocycles. The van der Waals surface area contributed by atoms with Gasteiger partial charge in [0.1, 0.15) is 5.75 Å². The summed E-state index contributed by atoms with van der Waals surface area (Å²) in [6.07, 6.45) is 3.62. The standard InChI is InChI=1S/C24H29N3O2/c1-29-23-11-6-5-10-22(23)27(15-7-14-25)24(28)19-26-16-12-21(13-17-26)18-20-8-3-2-4-9-20/h2-6,8-11,21H,7,12-13,15-19H2,1H3. The first-order valence-electron chi connectivity index (χ1n) is 10.3. The van der Waals surface area contributed by atoms with Crippen LogP contribution in [0, 0.1) is 17.2 Å². The van der Waals surface area contributed by atoms with Crippen molar-refractivity contribution in [1.82, 2.24) is 4.90 Å². The molecule has 2 aromatic carbocycles. The molecular formula is C24H29N3O2. The number of anilines is 1. The monoisotopic (exact) mass is 391 g/mol. The lowest BCUT2D eigenvalue weighted by Crippen LogP contribution is -2.44. The van der Waals surface area contributed by atoms with E-state index in [1.54, 1.807) is 12.0 Å². The molecule has 0 aromatic heterocycles. The molecule has 5 heteroatoms. The Morgan fingerprint density at radius 3 is 2.52 bits per heavy atom. The Balaban J connectivity index is 1.58. The van der Waals surface area contributed by atoms with Crippen molar-refractivity contribution in [1.29, 1.82) is 5.26 Å². The summed E-state index contributed by atoms with van der Waals surface area (Å²) in [6.45, 7) is 2.62. The number of para-hydroxylation sites is 2. The average molecular weight is 392 g/mol. The summed E-state index contributed by atoms with van der Waals surface area (Å²) in [6, 6.07) is 20.3. The van der Waals surface area contributed by atoms with Crippen molar-refractivity contribution in [3.63, 3.8) is 0 Å². The van der Waals surface area contributed by atoms with Crippen molar-refractivity contribution in [3.8, 4) is 11.8 Å². The van der Waals surface area contributed by atoms with Crippen LogP contribution in [0.2, 0.25) is 0 Å². The first kappa shape index (κ1) is 20.9. The zero-order valence-corrected chi connectivity index (χ0v) is 17.1. The molecule has 0 radical (unpaired) electrons. The summed E-state index contributed by atoms with van der Waals surface area (Å²) in [7, 11) is 1.60. The van der Waals surface area contributed by atoms with Crippen LogP contribution < -0.4 is 9.64 Å². The fourth-order valence-electron chi connectivity index (χ4n) is 3.97. The molecule has 1 aliphatic heterocycles. The SMILES string of the molecule is COc1ccccc1N(CCC#N)C(=O)CN1CCC(Cc2ccccc2)CC1. The Morgan fingerprint density at radius 2 is 1.83 bits per heavy atom. The van der Waals surface area contributed by atoms with Gasteiger partial charge in [-0.15, -0.1) is 0 Å². The quantitative estimate of drug-likeness (QED) is 0.685. The van der Waals surface area contributed by atoms with Gasteiger partial charge in [0, 0.05) is 6.54 Å². The highest BCUT2D eigenvalue weighted by Crippen LogP contribution is 2.28. The number of piperidine rings is 1. The highest BCUT2D eigenvalue weighted by molar-refractivity contribution is 5.96. The van der Waals surface area contributed by atoms with Gasteiger partial charge in [0.2, 0.25) is 5.91 Å². The Hall–Kier alpha value is -2.84. The van der Waals surface area contributed by atoms with Gasteiger partial charge in [-0.2, -0.15) is 5.26 Å². The number of nitrogens with zero attached hydrogens (tertiary/aromatic N) is 3. The van der Waals surface area contributed by atoms with E-state index in [-0.39, 0.29) is 5.91 Å². The lowest BCUT2D eigenvalue weighted by molar-refractivity contribution is -0.120. The Bertz CT molecular complexity index is 824. The topological polar surface area (TPSA) is 56.6 Å². The second-order valence-electron chi connectivity index (χ2n) is 7.53. The molecule has 1 fully saturated rings. The largest absolute Gasteiger partial charge is 0.495 e. The summed E-state index contributed by atoms with van der Waals surface area (Å²) < 4.78 is 5.43. The maximum absolute atomic E-state index is 13.1. The van der Waals surface area contributed by atoms with Gasteiger partial charge < -0.3 is 9.64 Å². The molecule has 2 aromatic rings. The van der Waals surface area contributed by atoms with E-state index in [1.807, 2.05) is 24.3 Å². The van der Waals surface area contributed by atoms with Gasteiger partial charge in [-0.05, 0) is 56.0 Å². The lowest BCUT2D eigenvalue weighted by atomic mass is 9.90. The lowest BCUT2D eigenvalue weighted by Gasteiger charge is -2.33. The normalized spacial score (nSPS) is 14.9. The molecule has 0 atom stereocenters. The molecule has 152 valence electrons. The molecule has 0 N–H and O–H groups in total. The molecular weight excluding hydrogens is 362 g/mol. The van der Waals surface area contributed by atoms with Crippen LogP contribution in [0.1, 0.15) is 24.8 Å². The third-order valence-electron chi connectivity index (χ3n) is 5.56. The number of rotatable bonds is 8. The number of benzene rings is 2. The number of hydrogen-bond donors (Lipinski definition) is 0. The van der Waals surface area contributed by atoms with E-state index in [9.17, 15) is 4.79 Å². The second-order valence-corrected chi connectivity index (χ2v) is 7.53. The van der Waals surface area contributed by atoms with E-state index in [0.717, 1.165) is 38.0 Å². The molecule has 1 aliphatic rings. The Labute approximate surface area is 173 Å². The van der Waals surface area contributed by atoms with Crippen LogP contribution in [0.4, 0.5) is 5.69 Å². The van der Waals surface area contributed by atoms with Crippen LogP contribution in [0.25, 0.3) is 0 Å². The van der Waals surface area contributed by atoms with Crippen molar-refractivity contribution in [2.24, 2.45) is 5.92 Å². The van der Waals surface area contributed by atoms with Gasteiger partial charge in [0.05, 0.1) is 31.8 Å². The van der Waals surface area contributed by atoms with Crippen LogP contribution in [0.3, 0.4) is 0 Å². The summed E-state index contributed by atoms with van der Waals surface area (Å²) in [5.74, 6) is 1.35. The predicted molar refractivity (Wildman–Crippen MR) is 115 cm³/mol. The smallest absolute Gasteiger partial charge is 0.241 e. The molecule has 0 spiro atoms. The second kappa shape index (κ2) is 10.6. The van der Waals surface area contributed by atoms with Crippen molar-refractivity contribution < 1.29 is 9.53 Å². The average Bonchev–Trinajstić information content (AvgIpc) is 2.76. The number of carbonyl (C=O) groups excluding carboxylic acids is 1. The Morgan fingerprint density at radius 1 is 1.14 bits per heavy atom. The van der Waals surface area contributed by atoms with Crippen LogP contribution in [0.15, 0.2) is 54.6 Å². The summed E-state index contributed by atoms with van der Waals surface area (Å²) in [4.78, 5) is 17.0. The molecule has 1 amide bonds. The summed E-state index contributed by atoms with van der Waals surface area (Å²) in [5, 5.41) is 9.01. The summed E-state index contributed by atoms with van der Waals surface area (Å²) in [5.41, 5.74) is 2.12. The number of likely N-dealkylation sites (tertiary alicyclic amines) is 1. The highest BCUT2D eigenvalue weighted by atomic mass is 16.5. The van der Waals surface area contributed by atoms with Gasteiger partial charge in [-0.3, -0.25) is 9.69 Å². The van der Waals surface area contributed by atoms with Gasteiger partial charge in [0.25, 0.3) is 0 Å². The molecule has 3 rings (SSSR count). The minimum Gasteiger partial charge on any atom is -0.495 e. The van der Waals surface area contributed by atoms with Crippen LogP contribution in [-0.4, -0.2) is 44.1 Å². The van der Waals surface area contributed by atoms with E-state index >= 15 is 0 Å². The number of carbonyl (C=O) groups is 1. The van der Waals surface area contributed by atoms with Crippen LogP contribution >= 0.6 is 0 Å². The molecule has 5 nitrogen and oxygen atoms in total. The molecule has 0 saturated carbocycles. The third kappa shape index (κ3) is 5.82. The molecule has 29 heavy (non-hydrogen) atoms. The van der Waals surface area contributed by atoms with Gasteiger partial charge in [-0.1, -0.05) is 42.5 Å². The van der Waals surface area contributed by atoms with E-state index in [4.69, 9.17) is 10.00 Å². The van der Waals surface area contributed by atoms with Gasteiger partial charge >= 0.3 is 0 Å². The third-order valence-corrected chi connectivity index (χ3v) is 5.56. The number of amides is 1. The van der Waals surface area contributed by atoms with E-state index < -0.39 is 0 Å². The first-order valence-corrected chi connectivity index (χ1v) is 10.3. The van der Waals surface area contributed by atoms with Gasteiger partial charge in [-0.25, -0.2) is 0 Å². The van der Waals surface area contributed by atoms with E-state index in [2.05, 4.69) is 41.3 Å². The maximum Gasteiger partial charge on any atom is 0.241 e. The van der Waals surface area contributed by atoms with Crippen molar-refractivity contribution >= 4 is 11.6 Å². The van der Waals surface area contributed by atoms with E-state index in [0.29, 0.717) is 31.2 Å².